The van der Waals surface area contributed by atoms with Gasteiger partial charge in [-0.3, -0.25) is 4.79 Å². The molecule has 28 heavy (non-hydrogen) atoms. The normalized spacial score (nSPS) is 10.4. The fourth-order valence-electron chi connectivity index (χ4n) is 3.06. The van der Waals surface area contributed by atoms with E-state index < -0.39 is 5.97 Å². The molecular weight excluding hydrogens is 354 g/mol. The molecule has 5 nitrogen and oxygen atoms in total. The summed E-state index contributed by atoms with van der Waals surface area (Å²) in [7, 11) is 1.34. The zero-order chi connectivity index (χ0) is 20.3. The minimum absolute atomic E-state index is 0.208. The second-order valence-corrected chi connectivity index (χ2v) is 6.50. The molecule has 3 rings (SSSR count). The topological polar surface area (TPSA) is 75.6 Å². The van der Waals surface area contributed by atoms with E-state index in [9.17, 15) is 14.7 Å². The monoisotopic (exact) mass is 375 g/mol. The van der Waals surface area contributed by atoms with Crippen LogP contribution in [0, 0.1) is 13.8 Å². The van der Waals surface area contributed by atoms with Crippen LogP contribution in [0.25, 0.3) is 11.1 Å². The number of phenols is 1. The number of rotatable bonds is 4. The zero-order valence-corrected chi connectivity index (χ0v) is 15.9. The van der Waals surface area contributed by atoms with Crippen LogP contribution < -0.4 is 5.32 Å². The van der Waals surface area contributed by atoms with Crippen molar-refractivity contribution in [3.05, 3.63) is 82.9 Å². The number of amides is 1. The van der Waals surface area contributed by atoms with E-state index >= 15 is 0 Å². The SMILES string of the molecule is COC(=O)c1c(C)ccc(NC(=O)c2ccc(-c3ccc(O)cc3)cc2)c1C. The summed E-state index contributed by atoms with van der Waals surface area (Å²) in [6.07, 6.45) is 0. The number of carbonyl (C=O) groups excluding carboxylic acids is 2. The third-order valence-electron chi connectivity index (χ3n) is 4.66. The molecule has 142 valence electrons. The zero-order valence-electron chi connectivity index (χ0n) is 15.9. The Hall–Kier alpha value is -3.60. The van der Waals surface area contributed by atoms with Gasteiger partial charge in [0.15, 0.2) is 0 Å². The third kappa shape index (κ3) is 3.88. The van der Waals surface area contributed by atoms with Gasteiger partial charge in [0.25, 0.3) is 5.91 Å². The molecule has 1 amide bonds. The van der Waals surface area contributed by atoms with Gasteiger partial charge in [-0.2, -0.15) is 0 Å². The molecule has 0 saturated heterocycles. The van der Waals surface area contributed by atoms with E-state index in [1.165, 1.54) is 7.11 Å². The van der Waals surface area contributed by atoms with Gasteiger partial charge in [-0.1, -0.05) is 30.3 Å². The number of ether oxygens (including phenoxy) is 1. The molecule has 0 unspecified atom stereocenters. The van der Waals surface area contributed by atoms with Crippen LogP contribution in [0.15, 0.2) is 60.7 Å². The van der Waals surface area contributed by atoms with Gasteiger partial charge >= 0.3 is 5.97 Å². The van der Waals surface area contributed by atoms with Crippen molar-refractivity contribution < 1.29 is 19.4 Å². The molecule has 3 aromatic carbocycles. The van der Waals surface area contributed by atoms with Crippen LogP contribution in [0.4, 0.5) is 5.69 Å². The van der Waals surface area contributed by atoms with Crippen molar-refractivity contribution in [2.75, 3.05) is 12.4 Å². The van der Waals surface area contributed by atoms with Gasteiger partial charge in [0.2, 0.25) is 0 Å². The molecule has 5 heteroatoms. The molecule has 0 bridgehead atoms. The number of hydrogen-bond donors (Lipinski definition) is 2. The highest BCUT2D eigenvalue weighted by Crippen LogP contribution is 2.25. The Kier molecular flexibility index (Phi) is 5.45. The van der Waals surface area contributed by atoms with E-state index in [0.717, 1.165) is 16.7 Å². The number of hydrogen-bond acceptors (Lipinski definition) is 4. The number of anilines is 1. The average Bonchev–Trinajstić information content (AvgIpc) is 2.70. The molecule has 0 heterocycles. The molecule has 0 atom stereocenters. The van der Waals surface area contributed by atoms with Gasteiger partial charge in [0.1, 0.15) is 5.75 Å². The van der Waals surface area contributed by atoms with Crippen LogP contribution in [0.1, 0.15) is 31.8 Å². The predicted molar refractivity (Wildman–Crippen MR) is 109 cm³/mol. The highest BCUT2D eigenvalue weighted by molar-refractivity contribution is 6.06. The first-order valence-electron chi connectivity index (χ1n) is 8.80. The fraction of sp³-hybridized carbons (Fsp3) is 0.130. The molecule has 0 radical (unpaired) electrons. The Morgan fingerprint density at radius 3 is 2.00 bits per heavy atom. The van der Waals surface area contributed by atoms with Crippen molar-refractivity contribution in [1.82, 2.24) is 0 Å². The van der Waals surface area contributed by atoms with Gasteiger partial charge in [0, 0.05) is 11.3 Å². The number of carbonyl (C=O) groups is 2. The summed E-state index contributed by atoms with van der Waals surface area (Å²) in [6.45, 7) is 3.61. The summed E-state index contributed by atoms with van der Waals surface area (Å²) in [5, 5.41) is 12.2. The van der Waals surface area contributed by atoms with Gasteiger partial charge in [-0.05, 0) is 66.4 Å². The molecule has 2 N–H and O–H groups in total. The maximum atomic E-state index is 12.6. The average molecular weight is 375 g/mol. The lowest BCUT2D eigenvalue weighted by Crippen LogP contribution is -2.15. The second kappa shape index (κ2) is 7.96. The number of benzene rings is 3. The first-order valence-corrected chi connectivity index (χ1v) is 8.80. The summed E-state index contributed by atoms with van der Waals surface area (Å²) in [6, 6.07) is 17.6. The fourth-order valence-corrected chi connectivity index (χ4v) is 3.06. The van der Waals surface area contributed by atoms with E-state index in [1.807, 2.05) is 31.2 Å². The number of esters is 1. The largest absolute Gasteiger partial charge is 0.508 e. The predicted octanol–water partition coefficient (Wildman–Crippen LogP) is 4.71. The lowest BCUT2D eigenvalue weighted by molar-refractivity contribution is 0.0599. The van der Waals surface area contributed by atoms with Crippen LogP contribution in [0.2, 0.25) is 0 Å². The summed E-state index contributed by atoms with van der Waals surface area (Å²) in [4.78, 5) is 24.6. The van der Waals surface area contributed by atoms with Crippen molar-refractivity contribution in [3.63, 3.8) is 0 Å². The Labute approximate surface area is 163 Å². The first kappa shape index (κ1) is 19.2. The van der Waals surface area contributed by atoms with Gasteiger partial charge in [-0.25, -0.2) is 4.79 Å². The van der Waals surface area contributed by atoms with Crippen LogP contribution in [-0.4, -0.2) is 24.1 Å². The molecule has 0 aliphatic heterocycles. The van der Waals surface area contributed by atoms with Gasteiger partial charge in [0.05, 0.1) is 12.7 Å². The van der Waals surface area contributed by atoms with E-state index in [-0.39, 0.29) is 11.7 Å². The lowest BCUT2D eigenvalue weighted by Gasteiger charge is -2.14. The number of methoxy groups -OCH3 is 1. The molecule has 0 spiro atoms. The van der Waals surface area contributed by atoms with Crippen molar-refractivity contribution in [2.24, 2.45) is 0 Å². The minimum atomic E-state index is -0.427. The molecule has 0 saturated carbocycles. The number of aromatic hydroxyl groups is 1. The highest BCUT2D eigenvalue weighted by Gasteiger charge is 2.17. The number of phenolic OH excluding ortho intramolecular Hbond substituents is 1. The second-order valence-electron chi connectivity index (χ2n) is 6.50. The summed E-state index contributed by atoms with van der Waals surface area (Å²) < 4.78 is 4.84. The van der Waals surface area contributed by atoms with E-state index in [1.54, 1.807) is 43.3 Å². The van der Waals surface area contributed by atoms with Crippen molar-refractivity contribution in [3.8, 4) is 16.9 Å². The highest BCUT2D eigenvalue weighted by atomic mass is 16.5. The third-order valence-corrected chi connectivity index (χ3v) is 4.66. The van der Waals surface area contributed by atoms with Crippen LogP contribution in [0.5, 0.6) is 5.75 Å². The standard InChI is InChI=1S/C23H21NO4/c1-14-4-13-20(15(2)21(14)23(27)28-3)24-22(26)18-7-5-16(6-8-18)17-9-11-19(25)12-10-17/h4-13,25H,1-3H3,(H,24,26). The Morgan fingerprint density at radius 2 is 1.43 bits per heavy atom. The molecular formula is C23H21NO4. The van der Waals surface area contributed by atoms with Crippen molar-refractivity contribution >= 4 is 17.6 Å². The van der Waals surface area contributed by atoms with E-state index in [2.05, 4.69) is 5.32 Å². The molecule has 0 aliphatic rings. The molecule has 3 aromatic rings. The van der Waals surface area contributed by atoms with E-state index in [0.29, 0.717) is 22.4 Å². The first-order chi connectivity index (χ1) is 13.4. The molecule has 0 aliphatic carbocycles. The summed E-state index contributed by atoms with van der Waals surface area (Å²) in [5.74, 6) is -0.482. The summed E-state index contributed by atoms with van der Waals surface area (Å²) in [5.41, 5.74) is 4.88. The van der Waals surface area contributed by atoms with Crippen molar-refractivity contribution in [2.45, 2.75) is 13.8 Å². The Balaban J connectivity index is 1.82. The number of aryl methyl sites for hydroxylation is 1. The Morgan fingerprint density at radius 1 is 0.857 bits per heavy atom. The molecule has 0 fully saturated rings. The van der Waals surface area contributed by atoms with Gasteiger partial charge in [-0.15, -0.1) is 0 Å². The lowest BCUT2D eigenvalue weighted by atomic mass is 10.0. The quantitative estimate of drug-likeness (QED) is 0.647. The van der Waals surface area contributed by atoms with Gasteiger partial charge < -0.3 is 15.2 Å². The Bertz CT molecular complexity index is 1020. The van der Waals surface area contributed by atoms with E-state index in [4.69, 9.17) is 4.74 Å². The van der Waals surface area contributed by atoms with Crippen LogP contribution >= 0.6 is 0 Å². The smallest absolute Gasteiger partial charge is 0.338 e. The number of nitrogens with one attached hydrogen (secondary N) is 1. The van der Waals surface area contributed by atoms with Crippen LogP contribution in [-0.2, 0) is 4.74 Å². The maximum absolute atomic E-state index is 12.6. The van der Waals surface area contributed by atoms with Crippen molar-refractivity contribution in [1.29, 1.82) is 0 Å². The molecule has 0 aromatic heterocycles. The minimum Gasteiger partial charge on any atom is -0.508 e. The van der Waals surface area contributed by atoms with Crippen LogP contribution in [0.3, 0.4) is 0 Å². The summed E-state index contributed by atoms with van der Waals surface area (Å²) >= 11 is 0. The maximum Gasteiger partial charge on any atom is 0.338 e.